The van der Waals surface area contributed by atoms with Gasteiger partial charge in [0.25, 0.3) is 5.91 Å². The zero-order chi connectivity index (χ0) is 14.2. The van der Waals surface area contributed by atoms with Crippen molar-refractivity contribution >= 4 is 11.6 Å². The van der Waals surface area contributed by atoms with E-state index < -0.39 is 17.8 Å². The minimum atomic E-state index is -4.56. The van der Waals surface area contributed by atoms with Gasteiger partial charge in [0.2, 0.25) is 0 Å². The summed E-state index contributed by atoms with van der Waals surface area (Å²) in [6, 6.07) is 4.89. The van der Waals surface area contributed by atoms with Crippen molar-refractivity contribution in [3.05, 3.63) is 41.7 Å². The van der Waals surface area contributed by atoms with E-state index in [-0.39, 0.29) is 16.9 Å². The number of rotatable bonds is 2. The van der Waals surface area contributed by atoms with Crippen LogP contribution in [0, 0.1) is 0 Å². The van der Waals surface area contributed by atoms with Crippen LogP contribution < -0.4 is 11.5 Å². The Kier molecular flexibility index (Phi) is 2.93. The number of alkyl halides is 3. The number of carbonyl (C=O) groups excluding carboxylic acids is 1. The highest BCUT2D eigenvalue weighted by Crippen LogP contribution is 2.28. The molecule has 8 heteroatoms. The molecule has 0 aliphatic carbocycles. The van der Waals surface area contributed by atoms with Gasteiger partial charge in [-0.2, -0.15) is 18.3 Å². The normalized spacial score (nSPS) is 11.5. The minimum Gasteiger partial charge on any atom is -0.399 e. The van der Waals surface area contributed by atoms with E-state index in [1.807, 2.05) is 0 Å². The summed E-state index contributed by atoms with van der Waals surface area (Å²) in [6.45, 7) is 0. The maximum Gasteiger partial charge on any atom is 0.435 e. The number of anilines is 1. The molecule has 0 aliphatic heterocycles. The monoisotopic (exact) mass is 270 g/mol. The molecule has 19 heavy (non-hydrogen) atoms. The van der Waals surface area contributed by atoms with Gasteiger partial charge in [-0.3, -0.25) is 4.79 Å². The first kappa shape index (κ1) is 12.9. The van der Waals surface area contributed by atoms with E-state index in [4.69, 9.17) is 11.5 Å². The van der Waals surface area contributed by atoms with Crippen LogP contribution in [0.3, 0.4) is 0 Å². The molecule has 0 aliphatic rings. The Balaban J connectivity index is 2.55. The van der Waals surface area contributed by atoms with E-state index in [2.05, 4.69) is 5.10 Å². The molecule has 1 aromatic carbocycles. The van der Waals surface area contributed by atoms with Crippen LogP contribution in [0.1, 0.15) is 16.1 Å². The number of halogens is 3. The zero-order valence-electron chi connectivity index (χ0n) is 9.48. The summed E-state index contributed by atoms with van der Waals surface area (Å²) in [6.07, 6.45) is -3.47. The summed E-state index contributed by atoms with van der Waals surface area (Å²) in [5, 5.41) is 3.36. The average molecular weight is 270 g/mol. The van der Waals surface area contributed by atoms with Crippen LogP contribution in [-0.2, 0) is 6.18 Å². The minimum absolute atomic E-state index is 0.0334. The van der Waals surface area contributed by atoms with Crippen molar-refractivity contribution in [3.63, 3.8) is 0 Å². The van der Waals surface area contributed by atoms with Crippen molar-refractivity contribution in [2.45, 2.75) is 6.18 Å². The van der Waals surface area contributed by atoms with Crippen LogP contribution in [0.5, 0.6) is 0 Å². The fourth-order valence-corrected chi connectivity index (χ4v) is 1.56. The lowest BCUT2D eigenvalue weighted by molar-refractivity contribution is -0.141. The van der Waals surface area contributed by atoms with Gasteiger partial charge in [-0.05, 0) is 24.3 Å². The first-order valence-corrected chi connectivity index (χ1v) is 5.11. The average Bonchev–Trinajstić information content (AvgIpc) is 2.77. The highest BCUT2D eigenvalue weighted by atomic mass is 19.4. The summed E-state index contributed by atoms with van der Waals surface area (Å²) in [5.74, 6) is -0.779. The zero-order valence-corrected chi connectivity index (χ0v) is 9.48. The van der Waals surface area contributed by atoms with Gasteiger partial charge in [0, 0.05) is 11.9 Å². The molecule has 0 saturated carbocycles. The summed E-state index contributed by atoms with van der Waals surface area (Å²) in [5.41, 5.74) is 10.0. The van der Waals surface area contributed by atoms with Gasteiger partial charge in [-0.1, -0.05) is 0 Å². The van der Waals surface area contributed by atoms with E-state index in [0.717, 1.165) is 16.9 Å². The Hall–Kier alpha value is -2.51. The van der Waals surface area contributed by atoms with Crippen LogP contribution in [-0.4, -0.2) is 15.7 Å². The van der Waals surface area contributed by atoms with Crippen molar-refractivity contribution < 1.29 is 18.0 Å². The number of primary amides is 1. The Morgan fingerprint density at radius 3 is 2.47 bits per heavy atom. The molecule has 2 aromatic rings. The second-order valence-electron chi connectivity index (χ2n) is 3.78. The lowest BCUT2D eigenvalue weighted by Crippen LogP contribution is -2.15. The summed E-state index contributed by atoms with van der Waals surface area (Å²) >= 11 is 0. The van der Waals surface area contributed by atoms with Gasteiger partial charge < -0.3 is 11.5 Å². The Labute approximate surface area is 105 Å². The molecule has 0 fully saturated rings. The van der Waals surface area contributed by atoms with Crippen LogP contribution in [0.15, 0.2) is 30.5 Å². The first-order valence-electron chi connectivity index (χ1n) is 5.11. The van der Waals surface area contributed by atoms with Crippen molar-refractivity contribution in [2.24, 2.45) is 5.73 Å². The molecule has 1 amide bonds. The number of hydrogen-bond donors (Lipinski definition) is 2. The Morgan fingerprint density at radius 2 is 1.95 bits per heavy atom. The highest BCUT2D eigenvalue weighted by Gasteiger charge is 2.33. The maximum absolute atomic E-state index is 12.5. The third-order valence-corrected chi connectivity index (χ3v) is 2.41. The van der Waals surface area contributed by atoms with Gasteiger partial charge in [0.15, 0.2) is 5.69 Å². The van der Waals surface area contributed by atoms with Crippen LogP contribution in [0.2, 0.25) is 0 Å². The molecule has 0 spiro atoms. The van der Waals surface area contributed by atoms with Crippen LogP contribution in [0.4, 0.5) is 18.9 Å². The molecule has 0 atom stereocenters. The quantitative estimate of drug-likeness (QED) is 0.812. The SMILES string of the molecule is NC(=O)c1ccc(N)cc1-n1ccc(C(F)(F)F)n1. The number of hydrogen-bond acceptors (Lipinski definition) is 3. The fourth-order valence-electron chi connectivity index (χ4n) is 1.56. The van der Waals surface area contributed by atoms with Gasteiger partial charge in [0.05, 0.1) is 11.3 Å². The third-order valence-electron chi connectivity index (χ3n) is 2.41. The maximum atomic E-state index is 12.5. The molecule has 0 bridgehead atoms. The summed E-state index contributed by atoms with van der Waals surface area (Å²) in [4.78, 5) is 11.2. The number of carbonyl (C=O) groups is 1. The molecular formula is C11H9F3N4O. The van der Waals surface area contributed by atoms with Gasteiger partial charge in [-0.15, -0.1) is 0 Å². The van der Waals surface area contributed by atoms with Crippen molar-refractivity contribution in [3.8, 4) is 5.69 Å². The topological polar surface area (TPSA) is 86.9 Å². The lowest BCUT2D eigenvalue weighted by Gasteiger charge is -2.08. The standard InChI is InChI=1S/C11H9F3N4O/c12-11(13,14)9-3-4-18(17-9)8-5-6(15)1-2-7(8)10(16)19/h1-5H,15H2,(H2,16,19). The molecule has 0 radical (unpaired) electrons. The van der Waals surface area contributed by atoms with Gasteiger partial charge in [0.1, 0.15) is 0 Å². The van der Waals surface area contributed by atoms with Gasteiger partial charge >= 0.3 is 6.18 Å². The molecular weight excluding hydrogens is 261 g/mol. The Morgan fingerprint density at radius 1 is 1.26 bits per heavy atom. The molecule has 4 N–H and O–H groups in total. The van der Waals surface area contributed by atoms with E-state index >= 15 is 0 Å². The molecule has 0 unspecified atom stereocenters. The second-order valence-corrected chi connectivity index (χ2v) is 3.78. The summed E-state index contributed by atoms with van der Waals surface area (Å²) in [7, 11) is 0. The molecule has 1 aromatic heterocycles. The van der Waals surface area contributed by atoms with E-state index in [1.54, 1.807) is 0 Å². The second kappa shape index (κ2) is 4.30. The molecule has 1 heterocycles. The molecule has 2 rings (SSSR count). The van der Waals surface area contributed by atoms with E-state index in [9.17, 15) is 18.0 Å². The first-order chi connectivity index (χ1) is 8.79. The molecule has 100 valence electrons. The largest absolute Gasteiger partial charge is 0.435 e. The van der Waals surface area contributed by atoms with Crippen molar-refractivity contribution in [1.29, 1.82) is 0 Å². The lowest BCUT2D eigenvalue weighted by atomic mass is 10.1. The fraction of sp³-hybridized carbons (Fsp3) is 0.0909. The number of nitrogens with zero attached hydrogens (tertiary/aromatic N) is 2. The van der Waals surface area contributed by atoms with E-state index in [1.165, 1.54) is 18.2 Å². The smallest absolute Gasteiger partial charge is 0.399 e. The number of aromatic nitrogens is 2. The summed E-state index contributed by atoms with van der Waals surface area (Å²) < 4.78 is 38.3. The highest BCUT2D eigenvalue weighted by molar-refractivity contribution is 5.97. The van der Waals surface area contributed by atoms with Crippen molar-refractivity contribution in [1.82, 2.24) is 9.78 Å². The van der Waals surface area contributed by atoms with Crippen LogP contribution in [0.25, 0.3) is 5.69 Å². The predicted octanol–water partition coefficient (Wildman–Crippen LogP) is 1.57. The number of nitrogen functional groups attached to an aromatic ring is 1. The van der Waals surface area contributed by atoms with Crippen LogP contribution >= 0.6 is 0 Å². The third kappa shape index (κ3) is 2.51. The Bertz CT molecular complexity index is 633. The number of benzene rings is 1. The van der Waals surface area contributed by atoms with E-state index in [0.29, 0.717) is 0 Å². The number of nitrogens with two attached hydrogens (primary N) is 2. The number of amides is 1. The molecule has 0 saturated heterocycles. The molecule has 5 nitrogen and oxygen atoms in total. The van der Waals surface area contributed by atoms with Crippen molar-refractivity contribution in [2.75, 3.05) is 5.73 Å². The van der Waals surface area contributed by atoms with Gasteiger partial charge in [-0.25, -0.2) is 4.68 Å². The predicted molar refractivity (Wildman–Crippen MR) is 61.5 cm³/mol.